The molecule has 0 fully saturated rings. The molecule has 0 bridgehead atoms. The molecule has 104 valence electrons. The van der Waals surface area contributed by atoms with Crippen LogP contribution in [-0.4, -0.2) is 5.91 Å². The molecule has 0 radical (unpaired) electrons. The van der Waals surface area contributed by atoms with Crippen LogP contribution in [0.1, 0.15) is 21.5 Å². The lowest BCUT2D eigenvalue weighted by Gasteiger charge is -2.10. The lowest BCUT2D eigenvalue weighted by Crippen LogP contribution is -2.12. The Bertz CT molecular complexity index is 658. The first-order valence-electron chi connectivity index (χ1n) is 5.94. The molecule has 2 aromatic rings. The number of hydrogen-bond donors (Lipinski definition) is 1. The Labute approximate surface area is 124 Å². The molecule has 0 unspecified atom stereocenters. The average Bonchev–Trinajstić information content (AvgIpc) is 2.39. The largest absolute Gasteiger partial charge is 0.488 e. The molecule has 0 saturated carbocycles. The number of rotatable bonds is 4. The molecule has 0 saturated heterocycles. The molecule has 0 aliphatic heterocycles. The number of amides is 1. The molecule has 2 N–H and O–H groups in total. The Kier molecular flexibility index (Phi) is 4.39. The van der Waals surface area contributed by atoms with E-state index in [1.165, 1.54) is 18.2 Å². The highest BCUT2D eigenvalue weighted by Crippen LogP contribution is 2.26. The first-order valence-corrected chi connectivity index (χ1v) is 6.74. The fourth-order valence-corrected chi connectivity index (χ4v) is 2.32. The zero-order valence-corrected chi connectivity index (χ0v) is 12.4. The van der Waals surface area contributed by atoms with Gasteiger partial charge in [0, 0.05) is 11.1 Å². The van der Waals surface area contributed by atoms with Crippen LogP contribution < -0.4 is 10.5 Å². The number of benzene rings is 2. The van der Waals surface area contributed by atoms with Gasteiger partial charge in [0.05, 0.1) is 4.47 Å². The molecule has 5 heteroatoms. The van der Waals surface area contributed by atoms with Crippen molar-refractivity contribution >= 4 is 21.8 Å². The van der Waals surface area contributed by atoms with Crippen LogP contribution in [-0.2, 0) is 6.61 Å². The van der Waals surface area contributed by atoms with Crippen LogP contribution in [0.3, 0.4) is 0 Å². The van der Waals surface area contributed by atoms with Gasteiger partial charge in [-0.25, -0.2) is 4.39 Å². The molecule has 2 aromatic carbocycles. The van der Waals surface area contributed by atoms with Crippen LogP contribution in [0, 0.1) is 12.7 Å². The fraction of sp³-hybridized carbons (Fsp3) is 0.133. The number of hydrogen-bond acceptors (Lipinski definition) is 2. The minimum Gasteiger partial charge on any atom is -0.488 e. The molecular weight excluding hydrogens is 325 g/mol. The van der Waals surface area contributed by atoms with Gasteiger partial charge in [0.2, 0.25) is 5.91 Å². The predicted octanol–water partition coefficient (Wildman–Crippen LogP) is 3.57. The maximum atomic E-state index is 13.7. The van der Waals surface area contributed by atoms with E-state index in [-0.39, 0.29) is 17.7 Å². The molecule has 1 amide bonds. The second kappa shape index (κ2) is 6.05. The highest BCUT2D eigenvalue weighted by molar-refractivity contribution is 9.10. The van der Waals surface area contributed by atoms with E-state index in [0.717, 1.165) is 10.0 Å². The highest BCUT2D eigenvalue weighted by Gasteiger charge is 2.09. The second-order valence-corrected chi connectivity index (χ2v) is 5.25. The van der Waals surface area contributed by atoms with Gasteiger partial charge in [-0.1, -0.05) is 6.07 Å². The lowest BCUT2D eigenvalue weighted by molar-refractivity contribution is 0.1000. The second-order valence-electron chi connectivity index (χ2n) is 4.39. The standard InChI is InChI=1S/C15H13BrFNO2/c1-9-2-5-14(12(16)6-9)20-8-11-7-10(15(18)19)3-4-13(11)17/h2-7H,8H2,1H3,(H2,18,19). The minimum absolute atomic E-state index is 0.0224. The van der Waals surface area contributed by atoms with Gasteiger partial charge in [-0.15, -0.1) is 0 Å². The van der Waals surface area contributed by atoms with Crippen molar-refractivity contribution in [1.82, 2.24) is 0 Å². The Morgan fingerprint density at radius 1 is 1.30 bits per heavy atom. The summed E-state index contributed by atoms with van der Waals surface area (Å²) in [6.07, 6.45) is 0. The Balaban J connectivity index is 2.18. The summed E-state index contributed by atoms with van der Waals surface area (Å²) < 4.78 is 20.0. The molecule has 2 rings (SSSR count). The van der Waals surface area contributed by atoms with Crippen LogP contribution in [0.2, 0.25) is 0 Å². The van der Waals surface area contributed by atoms with Crippen molar-refractivity contribution in [2.75, 3.05) is 0 Å². The summed E-state index contributed by atoms with van der Waals surface area (Å²) in [6, 6.07) is 9.57. The number of nitrogens with two attached hydrogens (primary N) is 1. The summed E-state index contributed by atoms with van der Waals surface area (Å²) in [7, 11) is 0. The number of aryl methyl sites for hydroxylation is 1. The smallest absolute Gasteiger partial charge is 0.248 e. The Morgan fingerprint density at radius 3 is 2.70 bits per heavy atom. The van der Waals surface area contributed by atoms with Crippen LogP contribution in [0.25, 0.3) is 0 Å². The highest BCUT2D eigenvalue weighted by atomic mass is 79.9. The third kappa shape index (κ3) is 3.36. The monoisotopic (exact) mass is 337 g/mol. The van der Waals surface area contributed by atoms with Crippen molar-refractivity contribution in [2.45, 2.75) is 13.5 Å². The summed E-state index contributed by atoms with van der Waals surface area (Å²) in [5.41, 5.74) is 6.80. The van der Waals surface area contributed by atoms with Crippen LogP contribution in [0.4, 0.5) is 4.39 Å². The quantitative estimate of drug-likeness (QED) is 0.927. The van der Waals surface area contributed by atoms with Crippen molar-refractivity contribution in [2.24, 2.45) is 5.73 Å². The van der Waals surface area contributed by atoms with E-state index < -0.39 is 11.7 Å². The lowest BCUT2D eigenvalue weighted by atomic mass is 10.1. The molecule has 0 heterocycles. The number of carbonyl (C=O) groups is 1. The van der Waals surface area contributed by atoms with E-state index in [1.807, 2.05) is 19.1 Å². The van der Waals surface area contributed by atoms with Crippen LogP contribution in [0.15, 0.2) is 40.9 Å². The summed E-state index contributed by atoms with van der Waals surface area (Å²) in [5.74, 6) is -0.416. The van der Waals surface area contributed by atoms with Gasteiger partial charge in [-0.2, -0.15) is 0 Å². The minimum atomic E-state index is -0.595. The number of halogens is 2. The topological polar surface area (TPSA) is 52.3 Å². The molecule has 3 nitrogen and oxygen atoms in total. The van der Waals surface area contributed by atoms with E-state index in [1.54, 1.807) is 6.07 Å². The summed E-state index contributed by atoms with van der Waals surface area (Å²) in [6.45, 7) is 1.99. The van der Waals surface area contributed by atoms with Crippen molar-refractivity contribution in [3.8, 4) is 5.75 Å². The normalized spacial score (nSPS) is 10.3. The average molecular weight is 338 g/mol. The summed E-state index contributed by atoms with van der Waals surface area (Å²) >= 11 is 3.38. The van der Waals surface area contributed by atoms with E-state index in [9.17, 15) is 9.18 Å². The fourth-order valence-electron chi connectivity index (χ4n) is 1.72. The maximum Gasteiger partial charge on any atom is 0.248 e. The van der Waals surface area contributed by atoms with Gasteiger partial charge in [0.15, 0.2) is 0 Å². The molecule has 0 aliphatic rings. The molecule has 0 aliphatic carbocycles. The van der Waals surface area contributed by atoms with Crippen LogP contribution >= 0.6 is 15.9 Å². The Hall–Kier alpha value is -1.88. The number of carbonyl (C=O) groups excluding carboxylic acids is 1. The third-order valence-electron chi connectivity index (χ3n) is 2.80. The number of primary amides is 1. The predicted molar refractivity (Wildman–Crippen MR) is 78.1 cm³/mol. The van der Waals surface area contributed by atoms with E-state index in [2.05, 4.69) is 15.9 Å². The zero-order valence-electron chi connectivity index (χ0n) is 10.8. The molecule has 20 heavy (non-hydrogen) atoms. The Morgan fingerprint density at radius 2 is 2.05 bits per heavy atom. The van der Waals surface area contributed by atoms with Gasteiger partial charge < -0.3 is 10.5 Å². The first-order chi connectivity index (χ1) is 9.47. The van der Waals surface area contributed by atoms with Gasteiger partial charge >= 0.3 is 0 Å². The summed E-state index contributed by atoms with van der Waals surface area (Å²) in [4.78, 5) is 11.1. The molecular formula is C15H13BrFNO2. The van der Waals surface area contributed by atoms with E-state index >= 15 is 0 Å². The van der Waals surface area contributed by atoms with E-state index in [0.29, 0.717) is 5.75 Å². The van der Waals surface area contributed by atoms with E-state index in [4.69, 9.17) is 10.5 Å². The first kappa shape index (κ1) is 14.5. The third-order valence-corrected chi connectivity index (χ3v) is 3.42. The van der Waals surface area contributed by atoms with Crippen molar-refractivity contribution in [3.63, 3.8) is 0 Å². The maximum absolute atomic E-state index is 13.7. The van der Waals surface area contributed by atoms with Crippen molar-refractivity contribution in [3.05, 3.63) is 63.4 Å². The SMILES string of the molecule is Cc1ccc(OCc2cc(C(N)=O)ccc2F)c(Br)c1. The van der Waals surface area contributed by atoms with Gasteiger partial charge in [-0.3, -0.25) is 4.79 Å². The van der Waals surface area contributed by atoms with Gasteiger partial charge in [-0.05, 0) is 58.7 Å². The molecule has 0 aromatic heterocycles. The van der Waals surface area contributed by atoms with Crippen molar-refractivity contribution < 1.29 is 13.9 Å². The molecule has 0 spiro atoms. The molecule has 0 atom stereocenters. The van der Waals surface area contributed by atoms with Crippen molar-refractivity contribution in [1.29, 1.82) is 0 Å². The summed E-state index contributed by atoms with van der Waals surface area (Å²) in [5, 5.41) is 0. The van der Waals surface area contributed by atoms with Gasteiger partial charge in [0.25, 0.3) is 0 Å². The van der Waals surface area contributed by atoms with Crippen LogP contribution in [0.5, 0.6) is 5.75 Å². The van der Waals surface area contributed by atoms with Gasteiger partial charge in [0.1, 0.15) is 18.2 Å². The zero-order chi connectivity index (χ0) is 14.7. The number of ether oxygens (including phenoxy) is 1.